The molecule has 0 saturated carbocycles. The van der Waals surface area contributed by atoms with E-state index in [-0.39, 0.29) is 11.3 Å². The van der Waals surface area contributed by atoms with E-state index in [0.717, 1.165) is 0 Å². The maximum absolute atomic E-state index is 10.8. The predicted octanol–water partition coefficient (Wildman–Crippen LogP) is 2.19. The molecule has 1 aromatic rings. The Kier molecular flexibility index (Phi) is 2.92. The Hall–Kier alpha value is -1.77. The van der Waals surface area contributed by atoms with Gasteiger partial charge in [-0.2, -0.15) is 0 Å². The van der Waals surface area contributed by atoms with Crippen molar-refractivity contribution in [1.29, 1.82) is 0 Å². The lowest BCUT2D eigenvalue weighted by molar-refractivity contribution is -0.130. The number of aliphatic carboxylic acids is 1. The summed E-state index contributed by atoms with van der Waals surface area (Å²) in [5, 5.41) is 18.1. The number of benzene rings is 1. The van der Waals surface area contributed by atoms with Crippen LogP contribution in [0.5, 0.6) is 5.75 Å². The normalized spacial score (nSPS) is 11.4. The SMILES string of the molecule is C/C=C(/C(=O)O)c1ccc(O)c(C)c1. The molecular formula is C11H12O3. The number of aromatic hydroxyl groups is 1. The Bertz CT molecular complexity index is 392. The number of carbonyl (C=O) groups is 1. The van der Waals surface area contributed by atoms with E-state index in [1.54, 1.807) is 26.0 Å². The quantitative estimate of drug-likeness (QED) is 0.706. The highest BCUT2D eigenvalue weighted by Gasteiger charge is 2.09. The second-order valence-corrected chi connectivity index (χ2v) is 3.01. The van der Waals surface area contributed by atoms with E-state index in [2.05, 4.69) is 0 Å². The van der Waals surface area contributed by atoms with Crippen molar-refractivity contribution in [1.82, 2.24) is 0 Å². The average Bonchev–Trinajstić information content (AvgIpc) is 2.11. The summed E-state index contributed by atoms with van der Waals surface area (Å²) in [6.45, 7) is 3.40. The molecule has 0 heterocycles. The van der Waals surface area contributed by atoms with Gasteiger partial charge in [0.1, 0.15) is 5.75 Å². The van der Waals surface area contributed by atoms with Crippen LogP contribution in [0.4, 0.5) is 0 Å². The van der Waals surface area contributed by atoms with Crippen LogP contribution in [0.15, 0.2) is 24.3 Å². The van der Waals surface area contributed by atoms with Gasteiger partial charge in [0.15, 0.2) is 0 Å². The van der Waals surface area contributed by atoms with E-state index in [9.17, 15) is 9.90 Å². The molecule has 2 N–H and O–H groups in total. The maximum Gasteiger partial charge on any atom is 0.335 e. The van der Waals surface area contributed by atoms with Crippen LogP contribution < -0.4 is 0 Å². The zero-order chi connectivity index (χ0) is 10.7. The van der Waals surface area contributed by atoms with Gasteiger partial charge >= 0.3 is 5.97 Å². The van der Waals surface area contributed by atoms with Crippen LogP contribution in [-0.2, 0) is 4.79 Å². The van der Waals surface area contributed by atoms with Crippen LogP contribution >= 0.6 is 0 Å². The molecule has 0 saturated heterocycles. The summed E-state index contributed by atoms with van der Waals surface area (Å²) in [6, 6.07) is 4.74. The minimum atomic E-state index is -0.961. The van der Waals surface area contributed by atoms with E-state index in [4.69, 9.17) is 5.11 Å². The molecule has 1 rings (SSSR count). The molecule has 1 aromatic carbocycles. The number of hydrogen-bond acceptors (Lipinski definition) is 2. The first kappa shape index (κ1) is 10.3. The molecule has 0 atom stereocenters. The molecule has 14 heavy (non-hydrogen) atoms. The number of phenolic OH excluding ortho intramolecular Hbond substituents is 1. The Balaban J connectivity index is 3.20. The van der Waals surface area contributed by atoms with Crippen molar-refractivity contribution in [2.75, 3.05) is 0 Å². The van der Waals surface area contributed by atoms with Crippen LogP contribution in [0.1, 0.15) is 18.1 Å². The lowest BCUT2D eigenvalue weighted by Crippen LogP contribution is -1.99. The van der Waals surface area contributed by atoms with E-state index in [1.165, 1.54) is 12.1 Å². The van der Waals surface area contributed by atoms with E-state index >= 15 is 0 Å². The van der Waals surface area contributed by atoms with Crippen molar-refractivity contribution < 1.29 is 15.0 Å². The van der Waals surface area contributed by atoms with Crippen LogP contribution in [0.3, 0.4) is 0 Å². The first-order valence-electron chi connectivity index (χ1n) is 4.26. The number of aryl methyl sites for hydroxylation is 1. The molecule has 0 aliphatic carbocycles. The van der Waals surface area contributed by atoms with Crippen molar-refractivity contribution in [2.24, 2.45) is 0 Å². The topological polar surface area (TPSA) is 57.5 Å². The van der Waals surface area contributed by atoms with Gasteiger partial charge in [0.2, 0.25) is 0 Å². The Labute approximate surface area is 82.3 Å². The Morgan fingerprint density at radius 3 is 2.50 bits per heavy atom. The highest BCUT2D eigenvalue weighted by Crippen LogP contribution is 2.22. The minimum absolute atomic E-state index is 0.176. The van der Waals surface area contributed by atoms with E-state index in [0.29, 0.717) is 11.1 Å². The highest BCUT2D eigenvalue weighted by molar-refractivity contribution is 6.15. The highest BCUT2D eigenvalue weighted by atomic mass is 16.4. The predicted molar refractivity (Wildman–Crippen MR) is 54.1 cm³/mol. The van der Waals surface area contributed by atoms with Crippen molar-refractivity contribution >= 4 is 11.5 Å². The fourth-order valence-electron chi connectivity index (χ4n) is 1.24. The number of phenols is 1. The minimum Gasteiger partial charge on any atom is -0.508 e. The third-order valence-electron chi connectivity index (χ3n) is 2.03. The fourth-order valence-corrected chi connectivity index (χ4v) is 1.24. The van der Waals surface area contributed by atoms with Gasteiger partial charge in [0.05, 0.1) is 5.57 Å². The van der Waals surface area contributed by atoms with Crippen LogP contribution in [0, 0.1) is 6.92 Å². The smallest absolute Gasteiger partial charge is 0.335 e. The monoisotopic (exact) mass is 192 g/mol. The molecule has 0 aliphatic rings. The number of rotatable bonds is 2. The summed E-state index contributed by atoms with van der Waals surface area (Å²) in [4.78, 5) is 10.8. The molecule has 0 spiro atoms. The molecule has 0 aliphatic heterocycles. The Morgan fingerprint density at radius 2 is 2.07 bits per heavy atom. The van der Waals surface area contributed by atoms with Gasteiger partial charge in [0, 0.05) is 0 Å². The fraction of sp³-hybridized carbons (Fsp3) is 0.182. The van der Waals surface area contributed by atoms with Gasteiger partial charge in [-0.25, -0.2) is 4.79 Å². The second kappa shape index (κ2) is 3.96. The molecule has 0 unspecified atom stereocenters. The maximum atomic E-state index is 10.8. The lowest BCUT2D eigenvalue weighted by Gasteiger charge is -2.04. The summed E-state index contributed by atoms with van der Waals surface area (Å²) >= 11 is 0. The van der Waals surface area contributed by atoms with Gasteiger partial charge in [-0.05, 0) is 37.1 Å². The average molecular weight is 192 g/mol. The van der Waals surface area contributed by atoms with E-state index < -0.39 is 5.97 Å². The first-order valence-corrected chi connectivity index (χ1v) is 4.26. The van der Waals surface area contributed by atoms with E-state index in [1.807, 2.05) is 0 Å². The summed E-state index contributed by atoms with van der Waals surface area (Å²) in [7, 11) is 0. The Morgan fingerprint density at radius 1 is 1.43 bits per heavy atom. The summed E-state index contributed by atoms with van der Waals surface area (Å²) in [5.41, 5.74) is 1.52. The van der Waals surface area contributed by atoms with Crippen molar-refractivity contribution in [3.63, 3.8) is 0 Å². The molecule has 3 heteroatoms. The summed E-state index contributed by atoms with van der Waals surface area (Å²) in [5.74, 6) is -0.785. The third-order valence-corrected chi connectivity index (χ3v) is 2.03. The first-order chi connectivity index (χ1) is 6.56. The standard InChI is InChI=1S/C11H12O3/c1-3-9(11(13)14)8-4-5-10(12)7(2)6-8/h3-6,12H,1-2H3,(H,13,14)/b9-3+. The molecule has 74 valence electrons. The third kappa shape index (κ3) is 1.93. The summed E-state index contributed by atoms with van der Waals surface area (Å²) < 4.78 is 0. The largest absolute Gasteiger partial charge is 0.508 e. The van der Waals surface area contributed by atoms with Crippen LogP contribution in [-0.4, -0.2) is 16.2 Å². The molecule has 0 bridgehead atoms. The molecule has 3 nitrogen and oxygen atoms in total. The lowest BCUT2D eigenvalue weighted by atomic mass is 10.0. The second-order valence-electron chi connectivity index (χ2n) is 3.01. The van der Waals surface area contributed by atoms with Gasteiger partial charge in [0.25, 0.3) is 0 Å². The zero-order valence-electron chi connectivity index (χ0n) is 8.11. The molecule has 0 aromatic heterocycles. The number of allylic oxidation sites excluding steroid dienone is 1. The summed E-state index contributed by atoms with van der Waals surface area (Å²) in [6.07, 6.45) is 1.54. The molecule has 0 amide bonds. The van der Waals surface area contributed by atoms with Gasteiger partial charge < -0.3 is 10.2 Å². The number of hydrogen-bond donors (Lipinski definition) is 2. The number of carboxylic acid groups (broad SMARTS) is 1. The zero-order valence-corrected chi connectivity index (χ0v) is 8.11. The molecule has 0 fully saturated rings. The van der Waals surface area contributed by atoms with Crippen LogP contribution in [0.25, 0.3) is 5.57 Å². The van der Waals surface area contributed by atoms with Gasteiger partial charge in [-0.3, -0.25) is 0 Å². The van der Waals surface area contributed by atoms with Crippen molar-refractivity contribution in [3.05, 3.63) is 35.4 Å². The van der Waals surface area contributed by atoms with Crippen molar-refractivity contribution in [2.45, 2.75) is 13.8 Å². The van der Waals surface area contributed by atoms with Gasteiger partial charge in [-0.15, -0.1) is 0 Å². The number of carboxylic acids is 1. The van der Waals surface area contributed by atoms with Gasteiger partial charge in [-0.1, -0.05) is 12.1 Å². The van der Waals surface area contributed by atoms with Crippen LogP contribution in [0.2, 0.25) is 0 Å². The van der Waals surface area contributed by atoms with Crippen molar-refractivity contribution in [3.8, 4) is 5.75 Å². The molecular weight excluding hydrogens is 180 g/mol. The molecule has 0 radical (unpaired) electrons.